The molecule has 0 spiro atoms. The fraction of sp³-hybridized carbons (Fsp3) is 0.903. The van der Waals surface area contributed by atoms with E-state index in [9.17, 15) is 4.79 Å². The molecule has 4 heteroatoms. The van der Waals surface area contributed by atoms with E-state index < -0.39 is 0 Å². The molecule has 1 aliphatic rings. The third-order valence-corrected chi connectivity index (χ3v) is 7.30. The van der Waals surface area contributed by atoms with Crippen LogP contribution in [-0.4, -0.2) is 35.7 Å². The van der Waals surface area contributed by atoms with Crippen LogP contribution in [0.25, 0.3) is 0 Å². The second kappa shape index (κ2) is 18.4. The lowest BCUT2D eigenvalue weighted by Crippen LogP contribution is -2.62. The van der Waals surface area contributed by atoms with E-state index in [2.05, 4.69) is 45.3 Å². The molecule has 1 rings (SSSR count). The van der Waals surface area contributed by atoms with Crippen LogP contribution in [0.15, 0.2) is 12.2 Å². The van der Waals surface area contributed by atoms with Crippen molar-refractivity contribution < 1.29 is 9.53 Å². The summed E-state index contributed by atoms with van der Waals surface area (Å²) in [6, 6.07) is 0.676. The zero-order valence-electron chi connectivity index (χ0n) is 24.4. The molecule has 0 aromatic heterocycles. The van der Waals surface area contributed by atoms with E-state index in [-0.39, 0.29) is 23.1 Å². The topological polar surface area (TPSA) is 50.4 Å². The summed E-state index contributed by atoms with van der Waals surface area (Å²) >= 11 is 0. The molecule has 1 saturated heterocycles. The first-order valence-corrected chi connectivity index (χ1v) is 15.0. The summed E-state index contributed by atoms with van der Waals surface area (Å²) < 4.78 is 5.56. The van der Waals surface area contributed by atoms with E-state index in [0.29, 0.717) is 12.6 Å². The van der Waals surface area contributed by atoms with Crippen molar-refractivity contribution in [1.82, 2.24) is 10.6 Å². The normalized spacial score (nSPS) is 18.7. The van der Waals surface area contributed by atoms with Crippen molar-refractivity contribution >= 4 is 5.97 Å². The summed E-state index contributed by atoms with van der Waals surface area (Å²) in [6.07, 6.45) is 25.8. The van der Waals surface area contributed by atoms with Gasteiger partial charge in [-0.1, -0.05) is 103 Å². The van der Waals surface area contributed by atoms with Gasteiger partial charge in [0.2, 0.25) is 0 Å². The first-order chi connectivity index (χ1) is 16.7. The molecule has 0 aromatic rings. The maximum atomic E-state index is 11.9. The van der Waals surface area contributed by atoms with Crippen molar-refractivity contribution in [2.24, 2.45) is 0 Å². The predicted octanol–water partition coefficient (Wildman–Crippen LogP) is 8.24. The van der Waals surface area contributed by atoms with Gasteiger partial charge in [-0.05, 0) is 53.9 Å². The van der Waals surface area contributed by atoms with Gasteiger partial charge < -0.3 is 15.4 Å². The van der Waals surface area contributed by atoms with Crippen LogP contribution in [0.4, 0.5) is 0 Å². The van der Waals surface area contributed by atoms with E-state index in [1.165, 1.54) is 96.0 Å². The minimum Gasteiger partial charge on any atom is -0.461 e. The second-order valence-corrected chi connectivity index (χ2v) is 12.4. The average Bonchev–Trinajstić information content (AvgIpc) is 2.75. The molecule has 0 aliphatic carbocycles. The number of piperidine rings is 1. The Morgan fingerprint density at radius 2 is 1.31 bits per heavy atom. The van der Waals surface area contributed by atoms with Gasteiger partial charge in [-0.2, -0.15) is 0 Å². The van der Waals surface area contributed by atoms with Gasteiger partial charge in [0, 0.05) is 29.2 Å². The average molecular weight is 493 g/mol. The van der Waals surface area contributed by atoms with Crippen molar-refractivity contribution in [2.75, 3.05) is 6.61 Å². The minimum absolute atomic E-state index is 0.112. The Balaban J connectivity index is 2.26. The van der Waals surface area contributed by atoms with Gasteiger partial charge in [-0.25, -0.2) is 4.79 Å². The van der Waals surface area contributed by atoms with Gasteiger partial charge in [-0.15, -0.1) is 0 Å². The number of esters is 1. The molecular formula is C31H60N2O2. The highest BCUT2D eigenvalue weighted by Gasteiger charge is 2.38. The van der Waals surface area contributed by atoms with Crippen LogP contribution in [0.3, 0.4) is 0 Å². The largest absolute Gasteiger partial charge is 0.461 e. The molecule has 35 heavy (non-hydrogen) atoms. The molecular weight excluding hydrogens is 432 g/mol. The molecule has 0 saturated carbocycles. The molecule has 1 atom stereocenters. The molecule has 0 radical (unpaired) electrons. The molecule has 2 N–H and O–H groups in total. The van der Waals surface area contributed by atoms with Crippen LogP contribution < -0.4 is 10.6 Å². The van der Waals surface area contributed by atoms with Gasteiger partial charge in [-0.3, -0.25) is 0 Å². The van der Waals surface area contributed by atoms with Crippen LogP contribution in [-0.2, 0) is 9.53 Å². The molecule has 0 bridgehead atoms. The maximum Gasteiger partial charge on any atom is 0.330 e. The molecule has 0 amide bonds. The van der Waals surface area contributed by atoms with E-state index in [4.69, 9.17) is 4.74 Å². The van der Waals surface area contributed by atoms with Gasteiger partial charge in [0.15, 0.2) is 0 Å². The fourth-order valence-electron chi connectivity index (χ4n) is 5.94. The van der Waals surface area contributed by atoms with Gasteiger partial charge in [0.1, 0.15) is 6.61 Å². The van der Waals surface area contributed by atoms with Crippen LogP contribution >= 0.6 is 0 Å². The molecule has 0 aromatic carbocycles. The van der Waals surface area contributed by atoms with E-state index >= 15 is 0 Å². The molecule has 4 nitrogen and oxygen atoms in total. The van der Waals surface area contributed by atoms with Crippen LogP contribution in [0.1, 0.15) is 151 Å². The van der Waals surface area contributed by atoms with Crippen LogP contribution in [0.5, 0.6) is 0 Å². The van der Waals surface area contributed by atoms with Gasteiger partial charge >= 0.3 is 5.97 Å². The second-order valence-electron chi connectivity index (χ2n) is 12.4. The third-order valence-electron chi connectivity index (χ3n) is 7.30. The number of hydrogen-bond donors (Lipinski definition) is 2. The van der Waals surface area contributed by atoms with Gasteiger partial charge in [0.25, 0.3) is 0 Å². The van der Waals surface area contributed by atoms with Crippen molar-refractivity contribution in [3.8, 4) is 0 Å². The molecule has 1 unspecified atom stereocenters. The Labute approximate surface area is 218 Å². The number of hydrogen-bond acceptors (Lipinski definition) is 4. The third kappa shape index (κ3) is 17.3. The number of nitrogens with one attached hydrogen (secondary N) is 2. The van der Waals surface area contributed by atoms with Crippen molar-refractivity contribution in [3.05, 3.63) is 12.2 Å². The fourth-order valence-corrected chi connectivity index (χ4v) is 5.94. The first-order valence-electron chi connectivity index (χ1n) is 15.0. The quantitative estimate of drug-likeness (QED) is 0.102. The Hall–Kier alpha value is -0.870. The smallest absolute Gasteiger partial charge is 0.330 e. The Kier molecular flexibility index (Phi) is 16.9. The van der Waals surface area contributed by atoms with E-state index in [1.54, 1.807) is 6.08 Å². The standard InChI is InChI=1S/C31H60N2O2/c1-7-9-10-11-12-13-14-15-16-17-18-19-20-21-23-27(26-35-29(34)22-8-2)32-28-24-30(3,4)33-31(5,6)25-28/h8,22,27-28,32-33H,7,9-21,23-26H2,1-6H3. The number of carbonyl (C=O) groups excluding carboxylic acids is 1. The predicted molar refractivity (Wildman–Crippen MR) is 152 cm³/mol. The summed E-state index contributed by atoms with van der Waals surface area (Å²) in [4.78, 5) is 11.9. The van der Waals surface area contributed by atoms with E-state index in [0.717, 1.165) is 19.3 Å². The lowest BCUT2D eigenvalue weighted by Gasteiger charge is -2.47. The summed E-state index contributed by atoms with van der Waals surface area (Å²) in [5.41, 5.74) is 0.224. The Morgan fingerprint density at radius 1 is 0.857 bits per heavy atom. The minimum atomic E-state index is -0.230. The lowest BCUT2D eigenvalue weighted by molar-refractivity contribution is -0.138. The molecule has 1 heterocycles. The lowest BCUT2D eigenvalue weighted by atomic mass is 9.79. The monoisotopic (exact) mass is 492 g/mol. The SMILES string of the molecule is CC=CC(=O)OCC(CCCCCCCCCCCCCCCC)NC1CC(C)(C)NC(C)(C)C1. The van der Waals surface area contributed by atoms with Crippen molar-refractivity contribution in [2.45, 2.75) is 174 Å². The summed E-state index contributed by atoms with van der Waals surface area (Å²) in [5, 5.41) is 7.64. The molecule has 1 aliphatic heterocycles. The summed E-state index contributed by atoms with van der Waals surface area (Å²) in [6.45, 7) is 13.8. The van der Waals surface area contributed by atoms with Gasteiger partial charge in [0.05, 0.1) is 0 Å². The maximum absolute atomic E-state index is 11.9. The Bertz CT molecular complexity index is 554. The molecule has 1 fully saturated rings. The highest BCUT2D eigenvalue weighted by molar-refractivity contribution is 5.81. The Morgan fingerprint density at radius 3 is 1.77 bits per heavy atom. The van der Waals surface area contributed by atoms with Crippen molar-refractivity contribution in [1.29, 1.82) is 0 Å². The molecule has 206 valence electrons. The van der Waals surface area contributed by atoms with E-state index in [1.807, 2.05) is 6.92 Å². The number of allylic oxidation sites excluding steroid dienone is 1. The zero-order chi connectivity index (χ0) is 26.0. The number of ether oxygens (including phenoxy) is 1. The zero-order valence-corrected chi connectivity index (χ0v) is 24.4. The summed E-state index contributed by atoms with van der Waals surface area (Å²) in [7, 11) is 0. The van der Waals surface area contributed by atoms with Crippen molar-refractivity contribution in [3.63, 3.8) is 0 Å². The highest BCUT2D eigenvalue weighted by atomic mass is 16.5. The first kappa shape index (κ1) is 32.2. The number of rotatable bonds is 20. The summed E-state index contributed by atoms with van der Waals surface area (Å²) in [5.74, 6) is -0.230. The van der Waals surface area contributed by atoms with Crippen LogP contribution in [0, 0.1) is 0 Å². The van der Waals surface area contributed by atoms with Crippen LogP contribution in [0.2, 0.25) is 0 Å². The number of carbonyl (C=O) groups is 1. The number of unbranched alkanes of at least 4 members (excludes halogenated alkanes) is 13. The highest BCUT2D eigenvalue weighted by Crippen LogP contribution is 2.29.